The maximum atomic E-state index is 10.9. The van der Waals surface area contributed by atoms with Crippen molar-refractivity contribution >= 4 is 0 Å². The van der Waals surface area contributed by atoms with Gasteiger partial charge in [-0.25, -0.2) is 0 Å². The molecule has 0 aliphatic heterocycles. The predicted molar refractivity (Wildman–Crippen MR) is 56.1 cm³/mol. The molecule has 0 aliphatic rings. The van der Waals surface area contributed by atoms with Crippen LogP contribution in [0.15, 0.2) is 48.5 Å². The van der Waals surface area contributed by atoms with Crippen LogP contribution < -0.4 is 34.7 Å². The average molecular weight is 206 g/mol. The molecule has 0 N–H and O–H groups in total. The van der Waals surface area contributed by atoms with Gasteiger partial charge in [-0.15, -0.1) is 5.75 Å². The van der Waals surface area contributed by atoms with Gasteiger partial charge >= 0.3 is 29.6 Å². The van der Waals surface area contributed by atoms with Crippen LogP contribution in [0.25, 0.3) is 11.1 Å². The third-order valence-corrected chi connectivity index (χ3v) is 2.24. The van der Waals surface area contributed by atoms with Crippen LogP contribution in [0.1, 0.15) is 5.56 Å². The quantitative estimate of drug-likeness (QED) is 0.589. The Bertz CT molecular complexity index is 374. The largest absolute Gasteiger partial charge is 1.00 e. The maximum absolute atomic E-state index is 10.9. The molecule has 2 heteroatoms. The fourth-order valence-electron chi connectivity index (χ4n) is 1.39. The Morgan fingerprint density at radius 3 is 1.60 bits per heavy atom. The van der Waals surface area contributed by atoms with Crippen molar-refractivity contribution in [3.8, 4) is 16.9 Å². The second kappa shape index (κ2) is 5.36. The molecule has 0 aromatic heterocycles. The summed E-state index contributed by atoms with van der Waals surface area (Å²) >= 11 is 0. The first-order valence-corrected chi connectivity index (χ1v) is 4.60. The van der Waals surface area contributed by atoms with E-state index in [1.54, 1.807) is 12.1 Å². The van der Waals surface area contributed by atoms with Crippen molar-refractivity contribution in [2.24, 2.45) is 0 Å². The minimum absolute atomic E-state index is 0. The van der Waals surface area contributed by atoms with Crippen LogP contribution in [-0.2, 0) is 0 Å². The topological polar surface area (TPSA) is 23.1 Å². The Morgan fingerprint density at radius 1 is 0.733 bits per heavy atom. The van der Waals surface area contributed by atoms with Gasteiger partial charge in [0.2, 0.25) is 0 Å². The Balaban J connectivity index is 0.00000112. The summed E-state index contributed by atoms with van der Waals surface area (Å²) < 4.78 is 0. The average Bonchev–Trinajstić information content (AvgIpc) is 2.21. The molecule has 0 saturated heterocycles. The van der Waals surface area contributed by atoms with E-state index >= 15 is 0 Å². The monoisotopic (exact) mass is 206 g/mol. The molecule has 0 amide bonds. The minimum atomic E-state index is 0. The molecule has 2 aromatic rings. The Labute approximate surface area is 112 Å². The molecule has 2 aromatic carbocycles. The predicted octanol–water partition coefficient (Wildman–Crippen LogP) is -0.260. The molecule has 0 aliphatic carbocycles. The van der Waals surface area contributed by atoms with E-state index in [4.69, 9.17) is 0 Å². The van der Waals surface area contributed by atoms with Crippen molar-refractivity contribution in [2.45, 2.75) is 6.92 Å². The molecule has 0 radical (unpaired) electrons. The van der Waals surface area contributed by atoms with E-state index in [2.05, 4.69) is 31.2 Å². The molecule has 0 fully saturated rings. The molecule has 15 heavy (non-hydrogen) atoms. The summed E-state index contributed by atoms with van der Waals surface area (Å²) in [5.41, 5.74) is 3.48. The molecule has 0 bridgehead atoms. The minimum Gasteiger partial charge on any atom is -0.872 e. The number of hydrogen-bond acceptors (Lipinski definition) is 1. The van der Waals surface area contributed by atoms with E-state index in [9.17, 15) is 5.11 Å². The van der Waals surface area contributed by atoms with Gasteiger partial charge in [-0.3, -0.25) is 0 Å². The summed E-state index contributed by atoms with van der Waals surface area (Å²) in [6.45, 7) is 2.06. The zero-order valence-electron chi connectivity index (χ0n) is 9.03. The van der Waals surface area contributed by atoms with Crippen LogP contribution in [0.5, 0.6) is 5.75 Å². The first-order valence-electron chi connectivity index (χ1n) is 4.60. The van der Waals surface area contributed by atoms with Crippen LogP contribution in [0.4, 0.5) is 0 Å². The molecule has 0 saturated carbocycles. The summed E-state index contributed by atoms with van der Waals surface area (Å²) in [7, 11) is 0. The summed E-state index contributed by atoms with van der Waals surface area (Å²) in [5.74, 6) is 0.0564. The van der Waals surface area contributed by atoms with Crippen molar-refractivity contribution in [2.75, 3.05) is 0 Å². The van der Waals surface area contributed by atoms with Gasteiger partial charge in [-0.1, -0.05) is 54.1 Å². The zero-order valence-corrected chi connectivity index (χ0v) is 11.0. The number of benzene rings is 2. The molecule has 0 atom stereocenters. The molecule has 70 valence electrons. The number of aryl methyl sites for hydroxylation is 1. The maximum Gasteiger partial charge on any atom is 1.00 e. The molecule has 2 rings (SSSR count). The van der Waals surface area contributed by atoms with E-state index in [0.717, 1.165) is 11.1 Å². The Kier molecular flexibility index (Phi) is 4.40. The smallest absolute Gasteiger partial charge is 0.872 e. The van der Waals surface area contributed by atoms with Gasteiger partial charge in [-0.05, 0) is 18.1 Å². The second-order valence-corrected chi connectivity index (χ2v) is 3.39. The van der Waals surface area contributed by atoms with Crippen LogP contribution in [-0.4, -0.2) is 0 Å². The Hall–Kier alpha value is -0.760. The van der Waals surface area contributed by atoms with Crippen LogP contribution in [0, 0.1) is 6.92 Å². The number of rotatable bonds is 1. The normalized spacial score (nSPS) is 9.40. The molecule has 0 heterocycles. The fourth-order valence-corrected chi connectivity index (χ4v) is 1.39. The van der Waals surface area contributed by atoms with Crippen LogP contribution in [0.2, 0.25) is 0 Å². The second-order valence-electron chi connectivity index (χ2n) is 3.39. The van der Waals surface area contributed by atoms with E-state index < -0.39 is 0 Å². The van der Waals surface area contributed by atoms with Gasteiger partial charge in [0.1, 0.15) is 0 Å². The fraction of sp³-hybridized carbons (Fsp3) is 0.0769. The van der Waals surface area contributed by atoms with Crippen molar-refractivity contribution < 1.29 is 34.7 Å². The van der Waals surface area contributed by atoms with Crippen molar-refractivity contribution in [1.82, 2.24) is 0 Å². The van der Waals surface area contributed by atoms with Gasteiger partial charge in [0.15, 0.2) is 0 Å². The van der Waals surface area contributed by atoms with Crippen molar-refractivity contribution in [3.05, 3.63) is 54.1 Å². The number of hydrogen-bond donors (Lipinski definition) is 0. The molecule has 0 unspecified atom stereocenters. The van der Waals surface area contributed by atoms with Gasteiger partial charge in [0, 0.05) is 0 Å². The van der Waals surface area contributed by atoms with Gasteiger partial charge in [-0.2, -0.15) is 0 Å². The summed E-state index contributed by atoms with van der Waals surface area (Å²) in [4.78, 5) is 0. The summed E-state index contributed by atoms with van der Waals surface area (Å²) in [5, 5.41) is 10.9. The Morgan fingerprint density at radius 2 is 1.13 bits per heavy atom. The van der Waals surface area contributed by atoms with Crippen molar-refractivity contribution in [1.29, 1.82) is 0 Å². The van der Waals surface area contributed by atoms with E-state index in [-0.39, 0.29) is 35.3 Å². The van der Waals surface area contributed by atoms with Gasteiger partial charge < -0.3 is 5.11 Å². The molecular formula is C13H11NaO. The SMILES string of the molecule is Cc1ccc(-c2ccc([O-])cc2)cc1.[Na+]. The first-order chi connectivity index (χ1) is 6.75. The van der Waals surface area contributed by atoms with Gasteiger partial charge in [0.25, 0.3) is 0 Å². The van der Waals surface area contributed by atoms with Crippen molar-refractivity contribution in [3.63, 3.8) is 0 Å². The van der Waals surface area contributed by atoms with E-state index in [0.29, 0.717) is 0 Å². The van der Waals surface area contributed by atoms with Gasteiger partial charge in [0.05, 0.1) is 0 Å². The summed E-state index contributed by atoms with van der Waals surface area (Å²) in [6.07, 6.45) is 0. The van der Waals surface area contributed by atoms with E-state index in [1.807, 2.05) is 12.1 Å². The molecule has 0 spiro atoms. The third kappa shape index (κ3) is 3.10. The molecule has 1 nitrogen and oxygen atoms in total. The zero-order chi connectivity index (χ0) is 9.97. The molecular weight excluding hydrogens is 195 g/mol. The summed E-state index contributed by atoms with van der Waals surface area (Å²) in [6, 6.07) is 15.2. The standard InChI is InChI=1S/C13H12O.Na/c1-10-2-4-11(5-3-10)12-6-8-13(14)9-7-12;/h2-9,14H,1H3;/q;+1/p-1. The first kappa shape index (κ1) is 12.3. The van der Waals surface area contributed by atoms with E-state index in [1.165, 1.54) is 5.56 Å². The third-order valence-electron chi connectivity index (χ3n) is 2.24. The van der Waals surface area contributed by atoms with Crippen LogP contribution >= 0.6 is 0 Å². The van der Waals surface area contributed by atoms with Crippen LogP contribution in [0.3, 0.4) is 0 Å².